The first-order valence-corrected chi connectivity index (χ1v) is 5.15. The van der Waals surface area contributed by atoms with Crippen molar-refractivity contribution in [3.8, 4) is 0 Å². The Morgan fingerprint density at radius 2 is 1.83 bits per heavy atom. The Kier molecular flexibility index (Phi) is 3.53. The maximum Gasteiger partial charge on any atom is 0.183 e. The molecule has 0 bridgehead atoms. The van der Waals surface area contributed by atoms with Crippen molar-refractivity contribution < 1.29 is 9.22 Å². The van der Waals surface area contributed by atoms with Crippen LogP contribution in [0.2, 0.25) is 0 Å². The van der Waals surface area contributed by atoms with Crippen LogP contribution in [-0.2, 0) is 4.74 Å². The predicted octanol–water partition coefficient (Wildman–Crippen LogP) is 2.00. The molecule has 2 nitrogen and oxygen atoms in total. The molecule has 0 aromatic heterocycles. The van der Waals surface area contributed by atoms with Crippen molar-refractivity contribution in [2.45, 2.75) is 39.7 Å². The fourth-order valence-electron chi connectivity index (χ4n) is 1.85. The number of likely N-dealkylation sites (tertiary alicyclic amines) is 1. The van der Waals surface area contributed by atoms with Gasteiger partial charge in [-0.25, -0.2) is 0 Å². The Bertz CT molecular complexity index is 128. The molecule has 72 valence electrons. The smallest absolute Gasteiger partial charge is 0.183 e. The number of hydrogen-bond donors (Lipinski definition) is 0. The van der Waals surface area contributed by atoms with Crippen LogP contribution >= 0.6 is 0 Å². The summed E-state index contributed by atoms with van der Waals surface area (Å²) >= 11 is 0. The lowest BCUT2D eigenvalue weighted by Gasteiger charge is -2.33. The van der Waals surface area contributed by atoms with E-state index in [1.54, 1.807) is 0 Å². The van der Waals surface area contributed by atoms with Crippen molar-refractivity contribution in [3.05, 3.63) is 0 Å². The third-order valence-electron chi connectivity index (χ3n) is 2.87. The quantitative estimate of drug-likeness (QED) is 0.589. The molecule has 2 heteroatoms. The third-order valence-corrected chi connectivity index (χ3v) is 2.87. The standard InChI is InChI=1S/C10H22NO/c1-4-11(7-5-6-8-11)9-12-10(2)3/h10H,4-9H2,1-3H3/q+1. The largest absolute Gasteiger partial charge is 0.329 e. The van der Waals surface area contributed by atoms with Gasteiger partial charge in [0.25, 0.3) is 0 Å². The average Bonchev–Trinajstić information content (AvgIpc) is 2.50. The Balaban J connectivity index is 2.34. The lowest BCUT2D eigenvalue weighted by Crippen LogP contribution is -2.47. The Labute approximate surface area is 76.1 Å². The van der Waals surface area contributed by atoms with E-state index < -0.39 is 0 Å². The fraction of sp³-hybridized carbons (Fsp3) is 1.00. The van der Waals surface area contributed by atoms with E-state index in [1.165, 1.54) is 37.0 Å². The second kappa shape index (κ2) is 4.24. The van der Waals surface area contributed by atoms with Crippen molar-refractivity contribution in [3.63, 3.8) is 0 Å². The van der Waals surface area contributed by atoms with E-state index >= 15 is 0 Å². The SMILES string of the molecule is CC[N+]1(COC(C)C)CCCC1. The molecule has 1 fully saturated rings. The fourth-order valence-corrected chi connectivity index (χ4v) is 1.85. The molecule has 0 amide bonds. The van der Waals surface area contributed by atoms with Gasteiger partial charge in [0.2, 0.25) is 0 Å². The summed E-state index contributed by atoms with van der Waals surface area (Å²) in [4.78, 5) is 0. The molecule has 1 rings (SSSR count). The molecule has 0 aromatic rings. The first-order valence-electron chi connectivity index (χ1n) is 5.15. The summed E-state index contributed by atoms with van der Waals surface area (Å²) in [6.07, 6.45) is 3.15. The van der Waals surface area contributed by atoms with E-state index in [1.807, 2.05) is 0 Å². The minimum Gasteiger partial charge on any atom is -0.329 e. The third kappa shape index (κ3) is 2.46. The summed E-state index contributed by atoms with van der Waals surface area (Å²) in [6, 6.07) is 0. The van der Waals surface area contributed by atoms with E-state index in [0.29, 0.717) is 6.10 Å². The van der Waals surface area contributed by atoms with Gasteiger partial charge in [0.05, 0.1) is 25.7 Å². The van der Waals surface area contributed by atoms with Gasteiger partial charge in [-0.3, -0.25) is 0 Å². The molecule has 0 aromatic carbocycles. The molecule has 1 heterocycles. The highest BCUT2D eigenvalue weighted by Gasteiger charge is 2.30. The summed E-state index contributed by atoms with van der Waals surface area (Å²) < 4.78 is 6.88. The van der Waals surface area contributed by atoms with Gasteiger partial charge in [-0.15, -0.1) is 0 Å². The normalized spacial score (nSPS) is 22.0. The summed E-state index contributed by atoms with van der Waals surface area (Å²) in [5.41, 5.74) is 0. The van der Waals surface area contributed by atoms with Crippen molar-refractivity contribution >= 4 is 0 Å². The molecule has 0 radical (unpaired) electrons. The van der Waals surface area contributed by atoms with Crippen LogP contribution in [0.1, 0.15) is 33.6 Å². The first kappa shape index (κ1) is 10.0. The van der Waals surface area contributed by atoms with E-state index in [9.17, 15) is 0 Å². The zero-order valence-corrected chi connectivity index (χ0v) is 8.68. The molecule has 0 saturated carbocycles. The highest BCUT2D eigenvalue weighted by atomic mass is 16.5. The highest BCUT2D eigenvalue weighted by molar-refractivity contribution is 4.51. The maximum absolute atomic E-state index is 5.69. The summed E-state index contributed by atoms with van der Waals surface area (Å²) in [6.45, 7) is 11.3. The van der Waals surface area contributed by atoms with Crippen LogP contribution in [0.3, 0.4) is 0 Å². The molecule has 0 spiro atoms. The van der Waals surface area contributed by atoms with Crippen LogP contribution in [-0.4, -0.2) is 37.0 Å². The predicted molar refractivity (Wildman–Crippen MR) is 50.9 cm³/mol. The number of quaternary nitrogens is 1. The molecular formula is C10H22NO+. The number of hydrogen-bond acceptors (Lipinski definition) is 1. The minimum absolute atomic E-state index is 0.382. The average molecular weight is 172 g/mol. The number of rotatable bonds is 4. The summed E-state index contributed by atoms with van der Waals surface area (Å²) in [5, 5.41) is 0. The highest BCUT2D eigenvalue weighted by Crippen LogP contribution is 2.19. The molecule has 0 unspecified atom stereocenters. The van der Waals surface area contributed by atoms with Gasteiger partial charge in [0.15, 0.2) is 6.73 Å². The first-order chi connectivity index (χ1) is 5.68. The Hall–Kier alpha value is -0.0800. The van der Waals surface area contributed by atoms with Crippen LogP contribution < -0.4 is 0 Å². The molecule has 1 aliphatic rings. The molecular weight excluding hydrogens is 150 g/mol. The zero-order valence-electron chi connectivity index (χ0n) is 8.68. The summed E-state index contributed by atoms with van der Waals surface area (Å²) in [7, 11) is 0. The van der Waals surface area contributed by atoms with Crippen molar-refractivity contribution in [2.75, 3.05) is 26.4 Å². The monoisotopic (exact) mass is 172 g/mol. The number of ether oxygens (including phenoxy) is 1. The van der Waals surface area contributed by atoms with Crippen LogP contribution in [0.4, 0.5) is 0 Å². The second-order valence-electron chi connectivity index (χ2n) is 4.16. The van der Waals surface area contributed by atoms with Crippen molar-refractivity contribution in [1.82, 2.24) is 0 Å². The molecule has 1 aliphatic heterocycles. The van der Waals surface area contributed by atoms with Gasteiger partial charge in [0, 0.05) is 12.8 Å². The number of nitrogens with zero attached hydrogens (tertiary/aromatic N) is 1. The second-order valence-corrected chi connectivity index (χ2v) is 4.16. The Morgan fingerprint density at radius 1 is 1.25 bits per heavy atom. The van der Waals surface area contributed by atoms with Gasteiger partial charge in [-0.1, -0.05) is 0 Å². The summed E-state index contributed by atoms with van der Waals surface area (Å²) in [5.74, 6) is 0. The Morgan fingerprint density at radius 3 is 2.25 bits per heavy atom. The molecule has 0 N–H and O–H groups in total. The maximum atomic E-state index is 5.69. The van der Waals surface area contributed by atoms with Gasteiger partial charge >= 0.3 is 0 Å². The molecule has 0 aliphatic carbocycles. The van der Waals surface area contributed by atoms with E-state index in [2.05, 4.69) is 20.8 Å². The topological polar surface area (TPSA) is 9.23 Å². The van der Waals surface area contributed by atoms with E-state index in [4.69, 9.17) is 4.74 Å². The van der Waals surface area contributed by atoms with Crippen molar-refractivity contribution in [2.24, 2.45) is 0 Å². The van der Waals surface area contributed by atoms with Gasteiger partial charge in [-0.2, -0.15) is 0 Å². The van der Waals surface area contributed by atoms with E-state index in [0.717, 1.165) is 6.73 Å². The van der Waals surface area contributed by atoms with Crippen LogP contribution in [0.25, 0.3) is 0 Å². The van der Waals surface area contributed by atoms with Gasteiger partial charge in [0.1, 0.15) is 0 Å². The molecule has 0 atom stereocenters. The van der Waals surface area contributed by atoms with Gasteiger partial charge in [-0.05, 0) is 20.8 Å². The lowest BCUT2D eigenvalue weighted by molar-refractivity contribution is -0.934. The van der Waals surface area contributed by atoms with Crippen LogP contribution in [0, 0.1) is 0 Å². The zero-order chi connectivity index (χ0) is 9.03. The molecule has 12 heavy (non-hydrogen) atoms. The van der Waals surface area contributed by atoms with Crippen LogP contribution in [0.15, 0.2) is 0 Å². The van der Waals surface area contributed by atoms with Gasteiger partial charge < -0.3 is 9.22 Å². The minimum atomic E-state index is 0.382. The van der Waals surface area contributed by atoms with Crippen molar-refractivity contribution in [1.29, 1.82) is 0 Å². The van der Waals surface area contributed by atoms with E-state index in [-0.39, 0.29) is 0 Å². The lowest BCUT2D eigenvalue weighted by atomic mass is 10.4. The van der Waals surface area contributed by atoms with Crippen LogP contribution in [0.5, 0.6) is 0 Å². The molecule has 1 saturated heterocycles.